The highest BCUT2D eigenvalue weighted by Crippen LogP contribution is 2.25. The minimum atomic E-state index is -0.636. The van der Waals surface area contributed by atoms with E-state index < -0.39 is 6.04 Å². The summed E-state index contributed by atoms with van der Waals surface area (Å²) < 4.78 is 0. The average molecular weight is 570 g/mol. The summed E-state index contributed by atoms with van der Waals surface area (Å²) in [5.41, 5.74) is 1.85. The normalized spacial score (nSPS) is 14.6. The van der Waals surface area contributed by atoms with Crippen molar-refractivity contribution in [2.45, 2.75) is 68.5 Å². The van der Waals surface area contributed by atoms with Gasteiger partial charge in [-0.2, -0.15) is 0 Å². The summed E-state index contributed by atoms with van der Waals surface area (Å²) >= 11 is 14.1. The molecule has 2 amide bonds. The number of rotatable bonds is 11. The Morgan fingerprint density at radius 1 is 0.895 bits per heavy atom. The van der Waals surface area contributed by atoms with Gasteiger partial charge in [0.15, 0.2) is 0 Å². The van der Waals surface area contributed by atoms with Crippen LogP contribution < -0.4 is 5.32 Å². The van der Waals surface area contributed by atoms with Crippen LogP contribution >= 0.6 is 35.0 Å². The van der Waals surface area contributed by atoms with Gasteiger partial charge in [0.25, 0.3) is 0 Å². The fraction of sp³-hybridized carbons (Fsp3) is 0.355. The van der Waals surface area contributed by atoms with Crippen molar-refractivity contribution >= 4 is 46.8 Å². The standard InChI is InChI=1S/C31H34Cl2N2O2S/c32-25-15-17-27(18-16-25)38-20-19-30(36)35(22-24-11-7-8-14-28(24)33)29(21-23-9-3-1-4-10-23)31(37)34-26-12-5-2-6-13-26/h1,3-4,7-11,14-18,26,29H,2,5-6,12-13,19-22H2,(H,34,37)/t29-/m0/s1. The molecule has 1 saturated carbocycles. The lowest BCUT2D eigenvalue weighted by Gasteiger charge is -2.33. The molecule has 1 N–H and O–H groups in total. The number of thioether (sulfide) groups is 1. The zero-order chi connectivity index (χ0) is 26.7. The minimum Gasteiger partial charge on any atom is -0.352 e. The molecule has 1 atom stereocenters. The summed E-state index contributed by atoms with van der Waals surface area (Å²) in [6.45, 7) is 0.277. The van der Waals surface area contributed by atoms with Crippen LogP contribution in [0.15, 0.2) is 83.8 Å². The Morgan fingerprint density at radius 3 is 2.29 bits per heavy atom. The van der Waals surface area contributed by atoms with E-state index in [4.69, 9.17) is 23.2 Å². The van der Waals surface area contributed by atoms with Crippen LogP contribution in [-0.2, 0) is 22.6 Å². The molecule has 4 nitrogen and oxygen atoms in total. The molecule has 0 bridgehead atoms. The van der Waals surface area contributed by atoms with Gasteiger partial charge in [0.2, 0.25) is 11.8 Å². The lowest BCUT2D eigenvalue weighted by atomic mass is 9.94. The van der Waals surface area contributed by atoms with E-state index in [1.165, 1.54) is 6.42 Å². The van der Waals surface area contributed by atoms with E-state index in [0.717, 1.165) is 41.7 Å². The zero-order valence-electron chi connectivity index (χ0n) is 21.5. The number of carbonyl (C=O) groups excluding carboxylic acids is 2. The second kappa shape index (κ2) is 14.6. The number of hydrogen-bond donors (Lipinski definition) is 1. The Morgan fingerprint density at radius 2 is 1.58 bits per heavy atom. The molecule has 0 spiro atoms. The van der Waals surface area contributed by atoms with Crippen LogP contribution in [0.3, 0.4) is 0 Å². The van der Waals surface area contributed by atoms with Crippen molar-refractivity contribution in [1.82, 2.24) is 10.2 Å². The van der Waals surface area contributed by atoms with Gasteiger partial charge in [0.05, 0.1) is 0 Å². The molecule has 1 fully saturated rings. The number of carbonyl (C=O) groups is 2. The van der Waals surface area contributed by atoms with Crippen LogP contribution in [0.25, 0.3) is 0 Å². The fourth-order valence-electron chi connectivity index (χ4n) is 4.84. The molecule has 1 aliphatic rings. The fourth-order valence-corrected chi connectivity index (χ4v) is 6.00. The SMILES string of the molecule is O=C(NC1CCCCC1)[C@H](Cc1ccccc1)N(Cc1ccccc1Cl)C(=O)CCSc1ccc(Cl)cc1. The Balaban J connectivity index is 1.56. The van der Waals surface area contributed by atoms with Gasteiger partial charge in [-0.05, 0) is 54.3 Å². The lowest BCUT2D eigenvalue weighted by Crippen LogP contribution is -2.53. The van der Waals surface area contributed by atoms with Crippen molar-refractivity contribution in [2.75, 3.05) is 5.75 Å². The van der Waals surface area contributed by atoms with E-state index in [-0.39, 0.29) is 24.4 Å². The highest BCUT2D eigenvalue weighted by molar-refractivity contribution is 7.99. The Hall–Kier alpha value is -2.47. The smallest absolute Gasteiger partial charge is 0.243 e. The van der Waals surface area contributed by atoms with Gasteiger partial charge < -0.3 is 10.2 Å². The van der Waals surface area contributed by atoms with Gasteiger partial charge in [-0.15, -0.1) is 11.8 Å². The summed E-state index contributed by atoms with van der Waals surface area (Å²) in [6, 6.07) is 24.6. The van der Waals surface area contributed by atoms with E-state index in [0.29, 0.717) is 28.6 Å². The van der Waals surface area contributed by atoms with E-state index in [1.807, 2.05) is 78.9 Å². The van der Waals surface area contributed by atoms with Crippen LogP contribution in [0.1, 0.15) is 49.7 Å². The molecule has 0 radical (unpaired) electrons. The molecule has 0 saturated heterocycles. The third kappa shape index (κ3) is 8.52. The lowest BCUT2D eigenvalue weighted by molar-refractivity contribution is -0.141. The van der Waals surface area contributed by atoms with Gasteiger partial charge >= 0.3 is 0 Å². The number of nitrogens with zero attached hydrogens (tertiary/aromatic N) is 1. The second-order valence-electron chi connectivity index (χ2n) is 9.71. The van der Waals surface area contributed by atoms with Gasteiger partial charge in [-0.25, -0.2) is 0 Å². The summed E-state index contributed by atoms with van der Waals surface area (Å²) in [5, 5.41) is 4.55. The van der Waals surface area contributed by atoms with E-state index >= 15 is 0 Å². The van der Waals surface area contributed by atoms with Crippen molar-refractivity contribution in [3.63, 3.8) is 0 Å². The van der Waals surface area contributed by atoms with Gasteiger partial charge in [0, 0.05) is 46.1 Å². The van der Waals surface area contributed by atoms with Crippen LogP contribution in [0.4, 0.5) is 0 Å². The number of benzene rings is 3. The molecule has 3 aromatic carbocycles. The first-order valence-electron chi connectivity index (χ1n) is 13.2. The first-order chi connectivity index (χ1) is 18.5. The summed E-state index contributed by atoms with van der Waals surface area (Å²) in [5.74, 6) is 0.444. The summed E-state index contributed by atoms with van der Waals surface area (Å²) in [6.07, 6.45) is 6.18. The highest BCUT2D eigenvalue weighted by Gasteiger charge is 2.32. The largest absolute Gasteiger partial charge is 0.352 e. The number of nitrogens with one attached hydrogen (secondary N) is 1. The van der Waals surface area contributed by atoms with Crippen molar-refractivity contribution in [1.29, 1.82) is 0 Å². The summed E-state index contributed by atoms with van der Waals surface area (Å²) in [4.78, 5) is 30.4. The molecular formula is C31H34Cl2N2O2S. The zero-order valence-corrected chi connectivity index (χ0v) is 23.8. The van der Waals surface area contributed by atoms with Crippen LogP contribution in [0.5, 0.6) is 0 Å². The van der Waals surface area contributed by atoms with Crippen molar-refractivity contribution in [2.24, 2.45) is 0 Å². The van der Waals surface area contributed by atoms with E-state index in [9.17, 15) is 9.59 Å². The maximum absolute atomic E-state index is 13.8. The van der Waals surface area contributed by atoms with Crippen LogP contribution in [0.2, 0.25) is 10.0 Å². The molecule has 0 heterocycles. The second-order valence-corrected chi connectivity index (χ2v) is 11.7. The minimum absolute atomic E-state index is 0.0638. The monoisotopic (exact) mass is 568 g/mol. The first-order valence-corrected chi connectivity index (χ1v) is 15.0. The molecule has 4 rings (SSSR count). The third-order valence-corrected chi connectivity index (χ3v) is 8.55. The van der Waals surface area contributed by atoms with Gasteiger partial charge in [0.1, 0.15) is 6.04 Å². The first kappa shape index (κ1) is 28.5. The van der Waals surface area contributed by atoms with Gasteiger partial charge in [-0.1, -0.05) is 91.0 Å². The molecule has 7 heteroatoms. The number of hydrogen-bond acceptors (Lipinski definition) is 3. The van der Waals surface area contributed by atoms with Crippen LogP contribution in [-0.4, -0.2) is 34.6 Å². The highest BCUT2D eigenvalue weighted by atomic mass is 35.5. The molecular weight excluding hydrogens is 535 g/mol. The number of amides is 2. The van der Waals surface area contributed by atoms with Crippen molar-refractivity contribution in [3.05, 3.63) is 100 Å². The van der Waals surface area contributed by atoms with Gasteiger partial charge in [-0.3, -0.25) is 9.59 Å². The van der Waals surface area contributed by atoms with Crippen molar-refractivity contribution in [3.8, 4) is 0 Å². The maximum Gasteiger partial charge on any atom is 0.243 e. The maximum atomic E-state index is 13.8. The van der Waals surface area contributed by atoms with Crippen LogP contribution in [0, 0.1) is 0 Å². The molecule has 0 unspecified atom stereocenters. The van der Waals surface area contributed by atoms with E-state index in [1.54, 1.807) is 16.7 Å². The predicted molar refractivity (Wildman–Crippen MR) is 158 cm³/mol. The average Bonchev–Trinajstić information content (AvgIpc) is 2.93. The quantitative estimate of drug-likeness (QED) is 0.243. The molecule has 0 aliphatic heterocycles. The molecule has 38 heavy (non-hydrogen) atoms. The molecule has 0 aromatic heterocycles. The van der Waals surface area contributed by atoms with E-state index in [2.05, 4.69) is 5.32 Å². The Bertz CT molecular complexity index is 1180. The topological polar surface area (TPSA) is 49.4 Å². The number of halogens is 2. The molecule has 1 aliphatic carbocycles. The third-order valence-electron chi connectivity index (χ3n) is 6.92. The Labute approximate surface area is 240 Å². The van der Waals surface area contributed by atoms with Crippen molar-refractivity contribution < 1.29 is 9.59 Å². The molecule has 200 valence electrons. The predicted octanol–water partition coefficient (Wildman–Crippen LogP) is 7.56. The molecule has 3 aromatic rings. The Kier molecular flexibility index (Phi) is 11.0. The summed E-state index contributed by atoms with van der Waals surface area (Å²) in [7, 11) is 0.